The van der Waals surface area contributed by atoms with Crippen LogP contribution in [0, 0.1) is 17.1 Å². The van der Waals surface area contributed by atoms with Gasteiger partial charge in [0.25, 0.3) is 5.91 Å². The van der Waals surface area contributed by atoms with Gasteiger partial charge in [-0.15, -0.1) is 0 Å². The molecule has 0 spiro atoms. The van der Waals surface area contributed by atoms with Gasteiger partial charge < -0.3 is 10.8 Å². The summed E-state index contributed by atoms with van der Waals surface area (Å²) in [6.45, 7) is 1.93. The van der Waals surface area contributed by atoms with E-state index in [-0.39, 0.29) is 27.5 Å². The van der Waals surface area contributed by atoms with Crippen molar-refractivity contribution >= 4 is 15.7 Å². The highest BCUT2D eigenvalue weighted by Crippen LogP contribution is 2.51. The minimum atomic E-state index is -3.85. The van der Waals surface area contributed by atoms with Crippen LogP contribution < -0.4 is 5.73 Å². The zero-order valence-electron chi connectivity index (χ0n) is 17.5. The molecule has 0 saturated carbocycles. The summed E-state index contributed by atoms with van der Waals surface area (Å²) in [7, 11) is -3.85. The minimum Gasteiger partial charge on any atom is -0.384 e. The molecule has 2 aliphatic rings. The van der Waals surface area contributed by atoms with Crippen LogP contribution in [0.3, 0.4) is 0 Å². The first-order valence-corrected chi connectivity index (χ1v) is 12.0. The fourth-order valence-corrected chi connectivity index (χ4v) is 6.12. The summed E-state index contributed by atoms with van der Waals surface area (Å²) >= 11 is 0. The Balaban J connectivity index is 2.01. The molecule has 1 amide bonds. The molecule has 168 valence electrons. The highest BCUT2D eigenvalue weighted by molar-refractivity contribution is 7.90. The SMILES string of the molecule is C[C@@H]1CC[C@H](c2ccc(S(C)(=O)=O)c3c2C[C@](F)(C(N)=O)[C@H]3O)c2c(C#N)cc(F)cc21. The maximum Gasteiger partial charge on any atom is 0.258 e. The van der Waals surface area contributed by atoms with Crippen LogP contribution >= 0.6 is 0 Å². The summed E-state index contributed by atoms with van der Waals surface area (Å²) in [6, 6.07) is 7.38. The van der Waals surface area contributed by atoms with Crippen LogP contribution in [0.4, 0.5) is 8.78 Å². The summed E-state index contributed by atoms with van der Waals surface area (Å²) in [5.74, 6) is -2.38. The molecule has 0 aliphatic heterocycles. The number of fused-ring (bicyclic) bond motifs is 2. The van der Waals surface area contributed by atoms with Gasteiger partial charge in [0.05, 0.1) is 16.5 Å². The number of aliphatic hydroxyl groups is 1. The van der Waals surface area contributed by atoms with Crippen molar-refractivity contribution in [3.05, 3.63) is 63.5 Å². The topological polar surface area (TPSA) is 121 Å². The van der Waals surface area contributed by atoms with Crippen molar-refractivity contribution in [3.8, 4) is 6.07 Å². The van der Waals surface area contributed by atoms with E-state index in [1.54, 1.807) is 0 Å². The largest absolute Gasteiger partial charge is 0.384 e. The van der Waals surface area contributed by atoms with Gasteiger partial charge in [0.1, 0.15) is 11.9 Å². The van der Waals surface area contributed by atoms with Crippen molar-refractivity contribution in [2.75, 3.05) is 6.26 Å². The molecule has 0 heterocycles. The number of nitriles is 1. The zero-order valence-corrected chi connectivity index (χ0v) is 18.3. The summed E-state index contributed by atoms with van der Waals surface area (Å²) < 4.78 is 54.3. The van der Waals surface area contributed by atoms with Gasteiger partial charge >= 0.3 is 0 Å². The summed E-state index contributed by atoms with van der Waals surface area (Å²) in [6.07, 6.45) is -0.475. The predicted octanol–water partition coefficient (Wildman–Crippen LogP) is 2.91. The molecule has 6 nitrogen and oxygen atoms in total. The van der Waals surface area contributed by atoms with E-state index in [0.29, 0.717) is 29.5 Å². The molecule has 2 aromatic carbocycles. The van der Waals surface area contributed by atoms with Crippen LogP contribution in [0.15, 0.2) is 29.2 Å². The number of benzene rings is 2. The molecule has 0 saturated heterocycles. The normalized spacial score (nSPS) is 26.8. The molecular weight excluding hydrogens is 438 g/mol. The maximum atomic E-state index is 15.5. The molecular formula is C23H22F2N2O4S. The average Bonchev–Trinajstić information content (AvgIpc) is 2.99. The number of sulfone groups is 1. The lowest BCUT2D eigenvalue weighted by atomic mass is 9.71. The van der Waals surface area contributed by atoms with Crippen LogP contribution in [-0.2, 0) is 21.1 Å². The van der Waals surface area contributed by atoms with Crippen LogP contribution in [-0.4, -0.2) is 31.4 Å². The molecule has 0 bridgehead atoms. The van der Waals surface area contributed by atoms with Crippen LogP contribution in [0.5, 0.6) is 0 Å². The fraction of sp³-hybridized carbons (Fsp3) is 0.391. The zero-order chi connectivity index (χ0) is 23.6. The molecule has 3 N–H and O–H groups in total. The van der Waals surface area contributed by atoms with Crippen molar-refractivity contribution in [1.82, 2.24) is 0 Å². The van der Waals surface area contributed by atoms with Gasteiger partial charge in [-0.2, -0.15) is 5.26 Å². The number of nitrogens with zero attached hydrogens (tertiary/aromatic N) is 1. The first kappa shape index (κ1) is 22.4. The Morgan fingerprint density at radius 2 is 1.94 bits per heavy atom. The van der Waals surface area contributed by atoms with Gasteiger partial charge in [-0.1, -0.05) is 13.0 Å². The third-order valence-corrected chi connectivity index (χ3v) is 7.90. The van der Waals surface area contributed by atoms with Gasteiger partial charge in [-0.05, 0) is 59.2 Å². The van der Waals surface area contributed by atoms with Gasteiger partial charge in [-0.25, -0.2) is 17.2 Å². The fourth-order valence-electron chi connectivity index (χ4n) is 5.17. The second-order valence-corrected chi connectivity index (χ2v) is 10.7. The molecule has 2 aliphatic carbocycles. The standard InChI is InChI=1S/C23H22F2N2O4S/c1-11-3-4-15(19-12(10-26)7-13(24)8-16(11)19)14-5-6-18(32(2,30)31)20-17(14)9-23(25,21(20)28)22(27)29/h5-8,11,15,21,28H,3-4,9H2,1-2H3,(H2,27,29)/t11-,15-,21+,23-/m1/s1. The summed E-state index contributed by atoms with van der Waals surface area (Å²) in [5.41, 5.74) is 4.32. The molecule has 2 aromatic rings. The molecule has 4 atom stereocenters. The van der Waals surface area contributed by atoms with Crippen molar-refractivity contribution in [1.29, 1.82) is 5.26 Å². The van der Waals surface area contributed by atoms with E-state index in [0.717, 1.165) is 12.3 Å². The van der Waals surface area contributed by atoms with E-state index in [2.05, 4.69) is 0 Å². The number of nitrogens with two attached hydrogens (primary N) is 1. The number of rotatable bonds is 3. The van der Waals surface area contributed by atoms with E-state index in [4.69, 9.17) is 5.73 Å². The minimum absolute atomic E-state index is 0.0103. The quantitative estimate of drug-likeness (QED) is 0.730. The Morgan fingerprint density at radius 3 is 2.53 bits per heavy atom. The van der Waals surface area contributed by atoms with E-state index in [1.165, 1.54) is 18.2 Å². The Bertz CT molecular complexity index is 1300. The van der Waals surface area contributed by atoms with Crippen LogP contribution in [0.2, 0.25) is 0 Å². The molecule has 0 radical (unpaired) electrons. The lowest BCUT2D eigenvalue weighted by Gasteiger charge is -2.32. The first-order valence-electron chi connectivity index (χ1n) is 10.2. The Kier molecular flexibility index (Phi) is 5.14. The molecule has 0 aromatic heterocycles. The van der Waals surface area contributed by atoms with Gasteiger partial charge in [-0.3, -0.25) is 4.79 Å². The van der Waals surface area contributed by atoms with Crippen LogP contribution in [0.25, 0.3) is 0 Å². The number of carbonyl (C=O) groups is 1. The van der Waals surface area contributed by atoms with E-state index < -0.39 is 45.7 Å². The third kappa shape index (κ3) is 3.21. The molecule has 0 fully saturated rings. The second-order valence-electron chi connectivity index (χ2n) is 8.72. The Hall–Kier alpha value is -2.83. The number of hydrogen-bond acceptors (Lipinski definition) is 5. The summed E-state index contributed by atoms with van der Waals surface area (Å²) in [4.78, 5) is 11.6. The summed E-state index contributed by atoms with van der Waals surface area (Å²) in [5, 5.41) is 20.3. The van der Waals surface area contributed by atoms with Crippen molar-refractivity contribution in [2.45, 2.75) is 54.7 Å². The number of hydrogen-bond donors (Lipinski definition) is 2. The monoisotopic (exact) mass is 460 g/mol. The van der Waals surface area contributed by atoms with Crippen LogP contribution in [0.1, 0.15) is 71.1 Å². The average molecular weight is 461 g/mol. The predicted molar refractivity (Wildman–Crippen MR) is 112 cm³/mol. The molecule has 0 unspecified atom stereocenters. The highest BCUT2D eigenvalue weighted by Gasteiger charge is 2.54. The number of primary amides is 1. The van der Waals surface area contributed by atoms with Crippen molar-refractivity contribution < 1.29 is 27.1 Å². The number of aliphatic hydroxyl groups excluding tert-OH is 1. The maximum absolute atomic E-state index is 15.5. The van der Waals surface area contributed by atoms with Crippen molar-refractivity contribution in [2.24, 2.45) is 5.73 Å². The molecule has 9 heteroatoms. The van der Waals surface area contributed by atoms with Crippen molar-refractivity contribution in [3.63, 3.8) is 0 Å². The van der Waals surface area contributed by atoms with E-state index >= 15 is 4.39 Å². The van der Waals surface area contributed by atoms with E-state index in [9.17, 15) is 28.0 Å². The molecule has 4 rings (SSSR count). The van der Waals surface area contributed by atoms with Gasteiger partial charge in [0.2, 0.25) is 5.67 Å². The number of halogens is 2. The second kappa shape index (κ2) is 7.36. The smallest absolute Gasteiger partial charge is 0.258 e. The third-order valence-electron chi connectivity index (χ3n) is 6.74. The Labute approximate surface area is 184 Å². The van der Waals surface area contributed by atoms with E-state index in [1.807, 2.05) is 13.0 Å². The number of alkyl halides is 1. The molecule has 32 heavy (non-hydrogen) atoms. The lowest BCUT2D eigenvalue weighted by molar-refractivity contribution is -0.136. The first-order chi connectivity index (χ1) is 14.9. The van der Waals surface area contributed by atoms with Gasteiger partial charge in [0.15, 0.2) is 9.84 Å². The lowest BCUT2D eigenvalue weighted by Crippen LogP contribution is -2.43. The Morgan fingerprint density at radius 1 is 1.25 bits per heavy atom. The number of amides is 1. The highest BCUT2D eigenvalue weighted by atomic mass is 32.2. The number of carbonyl (C=O) groups excluding carboxylic acids is 1. The van der Waals surface area contributed by atoms with Gasteiger partial charge in [0, 0.05) is 24.2 Å².